The smallest absolute Gasteiger partial charge is 0.256 e. The number of nitrogens with one attached hydrogen (secondary N) is 1. The van der Waals surface area contributed by atoms with E-state index in [-0.39, 0.29) is 29.6 Å². The molecule has 3 rings (SSSR count). The molecule has 0 spiro atoms. The monoisotopic (exact) mass is 407 g/mol. The van der Waals surface area contributed by atoms with Crippen LogP contribution in [0.15, 0.2) is 35.7 Å². The Balaban J connectivity index is 0.00000261. The van der Waals surface area contributed by atoms with Crippen molar-refractivity contribution in [1.82, 2.24) is 4.90 Å². The first-order chi connectivity index (χ1) is 12.5. The maximum absolute atomic E-state index is 12.9. The Kier molecular flexibility index (Phi) is 7.03. The third kappa shape index (κ3) is 4.69. The quantitative estimate of drug-likeness (QED) is 0.791. The molecule has 1 atom stereocenters. The summed E-state index contributed by atoms with van der Waals surface area (Å²) >= 11 is 1.37. The number of carbonyl (C=O) groups excluding carboxylic acids is 2. The van der Waals surface area contributed by atoms with Gasteiger partial charge < -0.3 is 16.0 Å². The molecule has 1 aliphatic heterocycles. The van der Waals surface area contributed by atoms with E-state index in [1.54, 1.807) is 6.07 Å². The van der Waals surface area contributed by atoms with Crippen molar-refractivity contribution in [3.8, 4) is 0 Å². The largest absolute Gasteiger partial charge is 0.338 e. The van der Waals surface area contributed by atoms with Crippen molar-refractivity contribution < 1.29 is 9.59 Å². The topological polar surface area (TPSA) is 75.4 Å². The molecule has 1 aromatic heterocycles. The number of thiophene rings is 1. The number of likely N-dealkylation sites (tertiary alicyclic amines) is 1. The number of aryl methyl sites for hydroxylation is 1. The highest BCUT2D eigenvalue weighted by Gasteiger charge is 2.36. The lowest BCUT2D eigenvalue weighted by molar-refractivity contribution is 0.0778. The molecule has 5 nitrogen and oxygen atoms in total. The average molecular weight is 408 g/mol. The van der Waals surface area contributed by atoms with Gasteiger partial charge in [-0.15, -0.1) is 23.7 Å². The van der Waals surface area contributed by atoms with Gasteiger partial charge in [0.1, 0.15) is 5.00 Å². The second-order valence-electron chi connectivity index (χ2n) is 7.16. The molecule has 1 unspecified atom stereocenters. The average Bonchev–Trinajstić information content (AvgIpc) is 3.28. The summed E-state index contributed by atoms with van der Waals surface area (Å²) in [5.41, 5.74) is 8.14. The first-order valence-electron chi connectivity index (χ1n) is 8.93. The van der Waals surface area contributed by atoms with Crippen molar-refractivity contribution in [1.29, 1.82) is 0 Å². The zero-order valence-corrected chi connectivity index (χ0v) is 17.3. The number of hydrogen-bond acceptors (Lipinski definition) is 4. The van der Waals surface area contributed by atoms with E-state index in [9.17, 15) is 9.59 Å². The van der Waals surface area contributed by atoms with E-state index in [2.05, 4.69) is 19.2 Å². The zero-order valence-electron chi connectivity index (χ0n) is 15.7. The lowest BCUT2D eigenvalue weighted by atomic mass is 9.90. The highest BCUT2D eigenvalue weighted by molar-refractivity contribution is 7.14. The number of nitrogens with zero attached hydrogens (tertiary/aromatic N) is 1. The fourth-order valence-electron chi connectivity index (χ4n) is 3.18. The number of amides is 2. The summed E-state index contributed by atoms with van der Waals surface area (Å²) < 4.78 is 0. The molecule has 0 bridgehead atoms. The molecule has 2 aromatic rings. The fourth-order valence-corrected chi connectivity index (χ4v) is 3.95. The van der Waals surface area contributed by atoms with Crippen molar-refractivity contribution in [2.24, 2.45) is 11.1 Å². The lowest BCUT2D eigenvalue weighted by Crippen LogP contribution is -2.34. The van der Waals surface area contributed by atoms with E-state index in [0.29, 0.717) is 35.8 Å². The minimum absolute atomic E-state index is 0. The second kappa shape index (κ2) is 8.87. The van der Waals surface area contributed by atoms with Gasteiger partial charge in [0.05, 0.1) is 5.56 Å². The van der Waals surface area contributed by atoms with Gasteiger partial charge in [-0.3, -0.25) is 9.59 Å². The number of rotatable bonds is 5. The molecule has 2 heterocycles. The summed E-state index contributed by atoms with van der Waals surface area (Å²) in [7, 11) is 0. The van der Waals surface area contributed by atoms with E-state index in [1.807, 2.05) is 34.5 Å². The maximum Gasteiger partial charge on any atom is 0.256 e. The van der Waals surface area contributed by atoms with Crippen LogP contribution in [-0.2, 0) is 6.42 Å². The molecule has 1 aliphatic rings. The van der Waals surface area contributed by atoms with Crippen LogP contribution in [0.3, 0.4) is 0 Å². The normalized spacial score (nSPS) is 18.9. The van der Waals surface area contributed by atoms with Gasteiger partial charge in [-0.1, -0.05) is 26.0 Å². The first kappa shape index (κ1) is 21.4. The summed E-state index contributed by atoms with van der Waals surface area (Å²) in [6.45, 7) is 6.11. The van der Waals surface area contributed by atoms with Crippen LogP contribution in [-0.4, -0.2) is 36.3 Å². The third-order valence-corrected chi connectivity index (χ3v) is 5.91. The van der Waals surface area contributed by atoms with Crippen LogP contribution in [0.1, 0.15) is 46.5 Å². The number of hydrogen-bond donors (Lipinski definition) is 2. The number of halogens is 1. The maximum atomic E-state index is 12.9. The van der Waals surface area contributed by atoms with Crippen LogP contribution in [0.2, 0.25) is 0 Å². The van der Waals surface area contributed by atoms with Gasteiger partial charge in [0.25, 0.3) is 11.8 Å². The Morgan fingerprint density at radius 1 is 1.26 bits per heavy atom. The number of anilines is 1. The Hall–Kier alpha value is -1.89. The number of nitrogens with two attached hydrogens (primary N) is 1. The Labute approximate surface area is 170 Å². The summed E-state index contributed by atoms with van der Waals surface area (Å²) in [4.78, 5) is 27.2. The van der Waals surface area contributed by atoms with Crippen molar-refractivity contribution in [2.45, 2.75) is 26.7 Å². The summed E-state index contributed by atoms with van der Waals surface area (Å²) in [6, 6.07) is 9.31. The molecule has 1 fully saturated rings. The number of benzene rings is 1. The van der Waals surface area contributed by atoms with Crippen molar-refractivity contribution in [2.75, 3.05) is 25.0 Å². The molecular formula is C20H26ClN3O2S. The SMILES string of the molecule is CCc1ccc(C(=O)Nc2sccc2C(=O)N2CCC(C)(CN)C2)cc1.Cl. The zero-order chi connectivity index (χ0) is 18.7. The molecule has 0 saturated carbocycles. The highest BCUT2D eigenvalue weighted by atomic mass is 35.5. The summed E-state index contributed by atoms with van der Waals surface area (Å²) in [6.07, 6.45) is 1.84. The lowest BCUT2D eigenvalue weighted by Gasteiger charge is -2.22. The minimum atomic E-state index is -0.197. The van der Waals surface area contributed by atoms with Gasteiger partial charge in [0, 0.05) is 18.7 Å². The molecule has 2 amide bonds. The van der Waals surface area contributed by atoms with Crippen molar-refractivity contribution in [3.05, 3.63) is 52.4 Å². The van der Waals surface area contributed by atoms with Gasteiger partial charge in [-0.25, -0.2) is 0 Å². The first-order valence-corrected chi connectivity index (χ1v) is 9.81. The Morgan fingerprint density at radius 2 is 1.96 bits per heavy atom. The summed E-state index contributed by atoms with van der Waals surface area (Å²) in [5, 5.41) is 5.32. The molecule has 27 heavy (non-hydrogen) atoms. The fraction of sp³-hybridized carbons (Fsp3) is 0.400. The molecular weight excluding hydrogens is 382 g/mol. The Morgan fingerprint density at radius 3 is 2.56 bits per heavy atom. The van der Waals surface area contributed by atoms with E-state index in [1.165, 1.54) is 16.9 Å². The van der Waals surface area contributed by atoms with E-state index < -0.39 is 0 Å². The van der Waals surface area contributed by atoms with Crippen molar-refractivity contribution >= 4 is 40.6 Å². The molecule has 0 radical (unpaired) electrons. The van der Waals surface area contributed by atoms with Crippen LogP contribution in [0.5, 0.6) is 0 Å². The molecule has 1 aromatic carbocycles. The second-order valence-corrected chi connectivity index (χ2v) is 8.08. The predicted molar refractivity (Wildman–Crippen MR) is 113 cm³/mol. The van der Waals surface area contributed by atoms with Crippen LogP contribution < -0.4 is 11.1 Å². The molecule has 1 saturated heterocycles. The van der Waals surface area contributed by atoms with Crippen LogP contribution >= 0.6 is 23.7 Å². The van der Waals surface area contributed by atoms with Gasteiger partial charge in [-0.05, 0) is 53.9 Å². The predicted octanol–water partition coefficient (Wildman–Crippen LogP) is 3.80. The number of carbonyl (C=O) groups is 2. The molecule has 146 valence electrons. The molecule has 3 N–H and O–H groups in total. The molecule has 7 heteroatoms. The Bertz CT molecular complexity index is 806. The van der Waals surface area contributed by atoms with Crippen LogP contribution in [0.4, 0.5) is 5.00 Å². The summed E-state index contributed by atoms with van der Waals surface area (Å²) in [5.74, 6) is -0.238. The van der Waals surface area contributed by atoms with Gasteiger partial charge in [0.2, 0.25) is 0 Å². The third-order valence-electron chi connectivity index (χ3n) is 5.08. The van der Waals surface area contributed by atoms with E-state index >= 15 is 0 Å². The van der Waals surface area contributed by atoms with Crippen LogP contribution in [0, 0.1) is 5.41 Å². The highest BCUT2D eigenvalue weighted by Crippen LogP contribution is 2.32. The standard InChI is InChI=1S/C20H25N3O2S.ClH/c1-3-14-4-6-15(7-5-14)17(24)22-18-16(8-11-26-18)19(25)23-10-9-20(2,12-21)13-23;/h4-8,11H,3,9-10,12-13,21H2,1-2H3,(H,22,24);1H. The van der Waals surface area contributed by atoms with Gasteiger partial charge >= 0.3 is 0 Å². The van der Waals surface area contributed by atoms with E-state index in [0.717, 1.165) is 12.8 Å². The minimum Gasteiger partial charge on any atom is -0.338 e. The van der Waals surface area contributed by atoms with Gasteiger partial charge in [-0.2, -0.15) is 0 Å². The molecule has 0 aliphatic carbocycles. The van der Waals surface area contributed by atoms with Crippen LogP contribution in [0.25, 0.3) is 0 Å². The van der Waals surface area contributed by atoms with E-state index in [4.69, 9.17) is 5.73 Å². The van der Waals surface area contributed by atoms with Gasteiger partial charge in [0.15, 0.2) is 0 Å². The van der Waals surface area contributed by atoms with Crippen molar-refractivity contribution in [3.63, 3.8) is 0 Å².